The summed E-state index contributed by atoms with van der Waals surface area (Å²) in [5, 5.41) is 3.29. The molecule has 1 heterocycles. The highest BCUT2D eigenvalue weighted by atomic mass is 32.1. The van der Waals surface area contributed by atoms with E-state index in [9.17, 15) is 0 Å². The third kappa shape index (κ3) is 2.81. The maximum absolute atomic E-state index is 5.68. The lowest BCUT2D eigenvalue weighted by atomic mass is 9.94. The molecular weight excluding hydrogens is 218 g/mol. The Kier molecular flexibility index (Phi) is 3.95. The van der Waals surface area contributed by atoms with Crippen molar-refractivity contribution < 1.29 is 0 Å². The van der Waals surface area contributed by atoms with E-state index in [4.69, 9.17) is 5.84 Å². The second kappa shape index (κ2) is 5.25. The second-order valence-corrected chi connectivity index (χ2v) is 6.08. The first-order valence-corrected chi connectivity index (χ1v) is 6.94. The first-order chi connectivity index (χ1) is 7.69. The number of hydrogen-bond donors (Lipinski definition) is 2. The summed E-state index contributed by atoms with van der Waals surface area (Å²) in [6.45, 7) is 4.39. The van der Waals surface area contributed by atoms with E-state index in [1.807, 2.05) is 0 Å². The largest absolute Gasteiger partial charge is 0.271 e. The van der Waals surface area contributed by atoms with Gasteiger partial charge in [-0.15, -0.1) is 11.3 Å². The van der Waals surface area contributed by atoms with E-state index in [0.717, 1.165) is 23.3 Å². The van der Waals surface area contributed by atoms with Crippen LogP contribution in [0.25, 0.3) is 0 Å². The van der Waals surface area contributed by atoms with Crippen LogP contribution in [-0.2, 0) is 6.42 Å². The van der Waals surface area contributed by atoms with Gasteiger partial charge in [0, 0.05) is 17.8 Å². The third-order valence-electron chi connectivity index (χ3n) is 3.61. The molecular formula is C12H21N3S. The number of hydrogen-bond acceptors (Lipinski definition) is 4. The summed E-state index contributed by atoms with van der Waals surface area (Å²) in [7, 11) is 0. The molecule has 0 aliphatic heterocycles. The second-order valence-electron chi connectivity index (χ2n) is 5.01. The van der Waals surface area contributed by atoms with Crippen LogP contribution in [0.2, 0.25) is 0 Å². The molecule has 0 bridgehead atoms. The van der Waals surface area contributed by atoms with Crippen LogP contribution >= 0.6 is 11.3 Å². The monoisotopic (exact) mass is 239 g/mol. The minimum atomic E-state index is 0.395. The Balaban J connectivity index is 1.95. The highest BCUT2D eigenvalue weighted by molar-refractivity contribution is 7.09. The SMILES string of the molecule is Cc1nc(CC(NN)C2CCC(C)C2)cs1. The quantitative estimate of drug-likeness (QED) is 0.626. The minimum Gasteiger partial charge on any atom is -0.271 e. The van der Waals surface area contributed by atoms with Gasteiger partial charge in [-0.1, -0.05) is 13.3 Å². The summed E-state index contributed by atoms with van der Waals surface area (Å²) >= 11 is 1.72. The molecule has 3 unspecified atom stereocenters. The summed E-state index contributed by atoms with van der Waals surface area (Å²) in [5.74, 6) is 7.26. The Morgan fingerprint density at radius 3 is 2.94 bits per heavy atom. The minimum absolute atomic E-state index is 0.395. The number of nitrogens with one attached hydrogen (secondary N) is 1. The van der Waals surface area contributed by atoms with Crippen molar-refractivity contribution in [2.75, 3.05) is 0 Å². The summed E-state index contributed by atoms with van der Waals surface area (Å²) < 4.78 is 0. The number of nitrogens with zero attached hydrogens (tertiary/aromatic N) is 1. The number of thiazole rings is 1. The molecule has 1 saturated carbocycles. The van der Waals surface area contributed by atoms with Gasteiger partial charge in [0.05, 0.1) is 10.7 Å². The highest BCUT2D eigenvalue weighted by Crippen LogP contribution is 2.33. The van der Waals surface area contributed by atoms with Crippen molar-refractivity contribution in [3.8, 4) is 0 Å². The molecule has 90 valence electrons. The molecule has 0 radical (unpaired) electrons. The van der Waals surface area contributed by atoms with Crippen molar-refractivity contribution >= 4 is 11.3 Å². The number of hydrazine groups is 1. The Morgan fingerprint density at radius 2 is 2.44 bits per heavy atom. The van der Waals surface area contributed by atoms with Gasteiger partial charge in [-0.05, 0) is 31.6 Å². The van der Waals surface area contributed by atoms with E-state index in [1.54, 1.807) is 11.3 Å². The smallest absolute Gasteiger partial charge is 0.0897 e. The van der Waals surface area contributed by atoms with Crippen LogP contribution in [0, 0.1) is 18.8 Å². The lowest BCUT2D eigenvalue weighted by Crippen LogP contribution is -2.41. The van der Waals surface area contributed by atoms with Crippen LogP contribution in [0.5, 0.6) is 0 Å². The van der Waals surface area contributed by atoms with Crippen LogP contribution < -0.4 is 11.3 Å². The first kappa shape index (κ1) is 12.0. The fraction of sp³-hybridized carbons (Fsp3) is 0.750. The van der Waals surface area contributed by atoms with Gasteiger partial charge < -0.3 is 0 Å². The van der Waals surface area contributed by atoms with Gasteiger partial charge in [0.2, 0.25) is 0 Å². The number of aryl methyl sites for hydroxylation is 1. The normalized spacial score (nSPS) is 27.2. The number of rotatable bonds is 4. The van der Waals surface area contributed by atoms with Crippen LogP contribution in [0.4, 0.5) is 0 Å². The van der Waals surface area contributed by atoms with E-state index in [0.29, 0.717) is 6.04 Å². The van der Waals surface area contributed by atoms with Crippen molar-refractivity contribution in [2.24, 2.45) is 17.7 Å². The molecule has 0 aromatic carbocycles. The molecule has 0 spiro atoms. The molecule has 1 fully saturated rings. The topological polar surface area (TPSA) is 50.9 Å². The van der Waals surface area contributed by atoms with Crippen molar-refractivity contribution in [3.05, 3.63) is 16.1 Å². The van der Waals surface area contributed by atoms with Crippen LogP contribution in [0.15, 0.2) is 5.38 Å². The van der Waals surface area contributed by atoms with Crippen LogP contribution in [-0.4, -0.2) is 11.0 Å². The van der Waals surface area contributed by atoms with Gasteiger partial charge in [0.15, 0.2) is 0 Å². The zero-order valence-electron chi connectivity index (χ0n) is 10.1. The molecule has 1 aromatic heterocycles. The third-order valence-corrected chi connectivity index (χ3v) is 4.44. The molecule has 1 aliphatic rings. The van der Waals surface area contributed by atoms with Gasteiger partial charge in [0.25, 0.3) is 0 Å². The summed E-state index contributed by atoms with van der Waals surface area (Å²) in [6.07, 6.45) is 4.92. The molecule has 0 saturated heterocycles. The maximum atomic E-state index is 5.68. The molecule has 2 rings (SSSR count). The molecule has 3 N–H and O–H groups in total. The maximum Gasteiger partial charge on any atom is 0.0897 e. The standard InChI is InChI=1S/C12H21N3S/c1-8-3-4-10(5-8)12(15-13)6-11-7-16-9(2)14-11/h7-8,10,12,15H,3-6,13H2,1-2H3. The van der Waals surface area contributed by atoms with Crippen molar-refractivity contribution in [3.63, 3.8) is 0 Å². The highest BCUT2D eigenvalue weighted by Gasteiger charge is 2.28. The molecule has 0 amide bonds. The van der Waals surface area contributed by atoms with Crippen LogP contribution in [0.1, 0.15) is 36.9 Å². The fourth-order valence-electron chi connectivity index (χ4n) is 2.71. The lowest BCUT2D eigenvalue weighted by molar-refractivity contribution is 0.351. The van der Waals surface area contributed by atoms with E-state index in [-0.39, 0.29) is 0 Å². The fourth-order valence-corrected chi connectivity index (χ4v) is 3.33. The Labute approximate surface area is 101 Å². The van der Waals surface area contributed by atoms with Crippen LogP contribution in [0.3, 0.4) is 0 Å². The summed E-state index contributed by atoms with van der Waals surface area (Å²) in [4.78, 5) is 4.51. The average Bonchev–Trinajstić information content (AvgIpc) is 2.84. The van der Waals surface area contributed by atoms with Crippen molar-refractivity contribution in [1.29, 1.82) is 0 Å². The Bertz CT molecular complexity index is 337. The molecule has 3 atom stereocenters. The van der Waals surface area contributed by atoms with Gasteiger partial charge in [-0.25, -0.2) is 4.98 Å². The zero-order chi connectivity index (χ0) is 11.5. The Hall–Kier alpha value is -0.450. The van der Waals surface area contributed by atoms with E-state index >= 15 is 0 Å². The first-order valence-electron chi connectivity index (χ1n) is 6.06. The Morgan fingerprint density at radius 1 is 1.62 bits per heavy atom. The van der Waals surface area contributed by atoms with Crippen molar-refractivity contribution in [2.45, 2.75) is 45.6 Å². The summed E-state index contributed by atoms with van der Waals surface area (Å²) in [5.41, 5.74) is 4.17. The zero-order valence-corrected chi connectivity index (χ0v) is 10.9. The summed E-state index contributed by atoms with van der Waals surface area (Å²) in [6, 6.07) is 0.395. The van der Waals surface area contributed by atoms with Gasteiger partial charge in [-0.3, -0.25) is 11.3 Å². The molecule has 4 heteroatoms. The van der Waals surface area contributed by atoms with Gasteiger partial charge >= 0.3 is 0 Å². The predicted molar refractivity (Wildman–Crippen MR) is 68.2 cm³/mol. The predicted octanol–water partition coefficient (Wildman–Crippen LogP) is 2.26. The lowest BCUT2D eigenvalue weighted by Gasteiger charge is -2.21. The number of nitrogens with two attached hydrogens (primary N) is 1. The van der Waals surface area contributed by atoms with Gasteiger partial charge in [0.1, 0.15) is 0 Å². The molecule has 1 aliphatic carbocycles. The van der Waals surface area contributed by atoms with E-state index in [1.165, 1.54) is 25.0 Å². The van der Waals surface area contributed by atoms with Gasteiger partial charge in [-0.2, -0.15) is 0 Å². The molecule has 16 heavy (non-hydrogen) atoms. The van der Waals surface area contributed by atoms with E-state index < -0.39 is 0 Å². The number of aromatic nitrogens is 1. The molecule has 3 nitrogen and oxygen atoms in total. The molecule has 1 aromatic rings. The van der Waals surface area contributed by atoms with E-state index in [2.05, 4.69) is 29.6 Å². The average molecular weight is 239 g/mol. The van der Waals surface area contributed by atoms with Crippen molar-refractivity contribution in [1.82, 2.24) is 10.4 Å².